The van der Waals surface area contributed by atoms with Gasteiger partial charge in [0.05, 0.1) is 5.02 Å². The first kappa shape index (κ1) is 17.4. The van der Waals surface area contributed by atoms with Crippen LogP contribution in [0.3, 0.4) is 0 Å². The van der Waals surface area contributed by atoms with E-state index in [-0.39, 0.29) is 22.8 Å². The van der Waals surface area contributed by atoms with E-state index in [2.05, 4.69) is 10.6 Å². The van der Waals surface area contributed by atoms with Gasteiger partial charge in [-0.2, -0.15) is 0 Å². The number of amides is 2. The van der Waals surface area contributed by atoms with Crippen LogP contribution in [0, 0.1) is 11.7 Å². The number of rotatable bonds is 4. The Labute approximate surface area is 150 Å². The van der Waals surface area contributed by atoms with Crippen LogP contribution in [0.5, 0.6) is 0 Å². The first-order valence-corrected chi connectivity index (χ1v) is 8.58. The molecule has 6 heteroatoms. The summed E-state index contributed by atoms with van der Waals surface area (Å²) in [5.74, 6) is -0.852. The van der Waals surface area contributed by atoms with E-state index >= 15 is 0 Å². The molecule has 0 unspecified atom stereocenters. The Balaban J connectivity index is 1.68. The number of nitrogens with one attached hydrogen (secondary N) is 2. The van der Waals surface area contributed by atoms with Crippen molar-refractivity contribution in [3.63, 3.8) is 0 Å². The predicted molar refractivity (Wildman–Crippen MR) is 96.4 cm³/mol. The molecule has 0 aliphatic heterocycles. The van der Waals surface area contributed by atoms with E-state index in [1.807, 2.05) is 0 Å². The first-order chi connectivity index (χ1) is 12.0. The highest BCUT2D eigenvalue weighted by Gasteiger charge is 2.22. The van der Waals surface area contributed by atoms with Gasteiger partial charge in [0.1, 0.15) is 5.82 Å². The highest BCUT2D eigenvalue weighted by Crippen LogP contribution is 2.26. The molecule has 4 nitrogen and oxygen atoms in total. The van der Waals surface area contributed by atoms with Crippen molar-refractivity contribution in [2.24, 2.45) is 5.92 Å². The molecular formula is C19H18ClFN2O2. The molecule has 25 heavy (non-hydrogen) atoms. The molecule has 2 aromatic rings. The zero-order valence-electron chi connectivity index (χ0n) is 13.5. The smallest absolute Gasteiger partial charge is 0.255 e. The summed E-state index contributed by atoms with van der Waals surface area (Å²) in [6, 6.07) is 10.7. The van der Waals surface area contributed by atoms with Crippen LogP contribution in [-0.4, -0.2) is 11.8 Å². The van der Waals surface area contributed by atoms with Gasteiger partial charge >= 0.3 is 0 Å². The van der Waals surface area contributed by atoms with E-state index in [0.717, 1.165) is 25.7 Å². The lowest BCUT2D eigenvalue weighted by Crippen LogP contribution is -2.20. The molecule has 0 heterocycles. The number of hydrogen-bond acceptors (Lipinski definition) is 2. The van der Waals surface area contributed by atoms with Crippen molar-refractivity contribution in [1.82, 2.24) is 0 Å². The van der Waals surface area contributed by atoms with Gasteiger partial charge in [0, 0.05) is 22.9 Å². The van der Waals surface area contributed by atoms with Crippen LogP contribution in [0.2, 0.25) is 5.02 Å². The molecular weight excluding hydrogens is 343 g/mol. The SMILES string of the molecule is O=C(Nc1ccc(F)c(Cl)c1)c1cccc(NC(=O)C2CCCC2)c1. The summed E-state index contributed by atoms with van der Waals surface area (Å²) < 4.78 is 13.2. The fourth-order valence-electron chi connectivity index (χ4n) is 2.95. The maximum Gasteiger partial charge on any atom is 0.255 e. The van der Waals surface area contributed by atoms with E-state index in [9.17, 15) is 14.0 Å². The third-order valence-electron chi connectivity index (χ3n) is 4.30. The average Bonchev–Trinajstić information content (AvgIpc) is 3.13. The number of benzene rings is 2. The van der Waals surface area contributed by atoms with Crippen LogP contribution in [0.15, 0.2) is 42.5 Å². The van der Waals surface area contributed by atoms with Crippen LogP contribution in [0.1, 0.15) is 36.0 Å². The van der Waals surface area contributed by atoms with Crippen molar-refractivity contribution in [3.8, 4) is 0 Å². The minimum Gasteiger partial charge on any atom is -0.326 e. The van der Waals surface area contributed by atoms with E-state index in [1.54, 1.807) is 24.3 Å². The van der Waals surface area contributed by atoms with Crippen LogP contribution < -0.4 is 10.6 Å². The lowest BCUT2D eigenvalue weighted by molar-refractivity contribution is -0.119. The largest absolute Gasteiger partial charge is 0.326 e. The van der Waals surface area contributed by atoms with Crippen molar-refractivity contribution in [1.29, 1.82) is 0 Å². The lowest BCUT2D eigenvalue weighted by Gasteiger charge is -2.11. The molecule has 1 aliphatic carbocycles. The van der Waals surface area contributed by atoms with Gasteiger partial charge in [-0.25, -0.2) is 4.39 Å². The summed E-state index contributed by atoms with van der Waals surface area (Å²) >= 11 is 5.71. The number of carbonyl (C=O) groups is 2. The standard InChI is InChI=1S/C19H18ClFN2O2/c20-16-11-15(8-9-17(16)21)23-19(25)13-6-3-7-14(10-13)22-18(24)12-4-1-2-5-12/h3,6-12H,1-2,4-5H2,(H,22,24)(H,23,25). The van der Waals surface area contributed by atoms with Gasteiger partial charge in [0.25, 0.3) is 5.91 Å². The van der Waals surface area contributed by atoms with E-state index in [0.29, 0.717) is 16.9 Å². The minimum atomic E-state index is -0.545. The number of anilines is 2. The maximum atomic E-state index is 13.2. The second-order valence-electron chi connectivity index (χ2n) is 6.13. The Hall–Kier alpha value is -2.40. The fourth-order valence-corrected chi connectivity index (χ4v) is 3.13. The Kier molecular flexibility index (Phi) is 5.34. The molecule has 0 bridgehead atoms. The molecule has 2 N–H and O–H groups in total. The van der Waals surface area contributed by atoms with Crippen LogP contribution in [0.25, 0.3) is 0 Å². The molecule has 0 atom stereocenters. The zero-order valence-corrected chi connectivity index (χ0v) is 14.3. The Morgan fingerprint density at radius 1 is 1.00 bits per heavy atom. The Morgan fingerprint density at radius 3 is 2.44 bits per heavy atom. The van der Waals surface area contributed by atoms with Crippen molar-refractivity contribution in [2.75, 3.05) is 10.6 Å². The molecule has 2 amide bonds. The van der Waals surface area contributed by atoms with Crippen LogP contribution >= 0.6 is 11.6 Å². The van der Waals surface area contributed by atoms with E-state index in [4.69, 9.17) is 11.6 Å². The van der Waals surface area contributed by atoms with Crippen molar-refractivity contribution in [2.45, 2.75) is 25.7 Å². The van der Waals surface area contributed by atoms with Crippen molar-refractivity contribution >= 4 is 34.8 Å². The summed E-state index contributed by atoms with van der Waals surface area (Å²) in [5, 5.41) is 5.47. The normalized spacial score (nSPS) is 14.3. The van der Waals surface area contributed by atoms with Gasteiger partial charge in [-0.15, -0.1) is 0 Å². The summed E-state index contributed by atoms with van der Waals surface area (Å²) in [5.41, 5.74) is 1.38. The minimum absolute atomic E-state index is 0.000347. The molecule has 1 saturated carbocycles. The molecule has 0 aromatic heterocycles. The van der Waals surface area contributed by atoms with Crippen LogP contribution in [0.4, 0.5) is 15.8 Å². The van der Waals surface area contributed by atoms with Gasteiger partial charge in [-0.3, -0.25) is 9.59 Å². The molecule has 0 radical (unpaired) electrons. The van der Waals surface area contributed by atoms with E-state index < -0.39 is 5.82 Å². The number of carbonyl (C=O) groups excluding carboxylic acids is 2. The predicted octanol–water partition coefficient (Wildman–Crippen LogP) is 4.86. The lowest BCUT2D eigenvalue weighted by atomic mass is 10.1. The van der Waals surface area contributed by atoms with Gasteiger partial charge < -0.3 is 10.6 Å². The average molecular weight is 361 g/mol. The molecule has 130 valence electrons. The number of hydrogen-bond donors (Lipinski definition) is 2. The Bertz CT molecular complexity index is 804. The quantitative estimate of drug-likeness (QED) is 0.818. The third kappa shape index (κ3) is 4.37. The first-order valence-electron chi connectivity index (χ1n) is 8.20. The summed E-state index contributed by atoms with van der Waals surface area (Å²) in [6.45, 7) is 0. The van der Waals surface area contributed by atoms with Gasteiger partial charge in [-0.05, 0) is 49.2 Å². The van der Waals surface area contributed by atoms with Gasteiger partial charge in [0.2, 0.25) is 5.91 Å². The third-order valence-corrected chi connectivity index (χ3v) is 4.59. The molecule has 0 spiro atoms. The molecule has 0 saturated heterocycles. The second-order valence-corrected chi connectivity index (χ2v) is 6.54. The second kappa shape index (κ2) is 7.66. The maximum absolute atomic E-state index is 13.2. The van der Waals surface area contributed by atoms with Gasteiger partial charge in [-0.1, -0.05) is 30.5 Å². The molecule has 2 aromatic carbocycles. The summed E-state index contributed by atoms with van der Waals surface area (Å²) in [7, 11) is 0. The van der Waals surface area contributed by atoms with E-state index in [1.165, 1.54) is 18.2 Å². The topological polar surface area (TPSA) is 58.2 Å². The highest BCUT2D eigenvalue weighted by molar-refractivity contribution is 6.31. The van der Waals surface area contributed by atoms with Crippen molar-refractivity contribution < 1.29 is 14.0 Å². The van der Waals surface area contributed by atoms with Crippen molar-refractivity contribution in [3.05, 3.63) is 58.9 Å². The molecule has 3 rings (SSSR count). The summed E-state index contributed by atoms with van der Waals surface area (Å²) in [4.78, 5) is 24.5. The Morgan fingerprint density at radius 2 is 1.72 bits per heavy atom. The highest BCUT2D eigenvalue weighted by atomic mass is 35.5. The fraction of sp³-hybridized carbons (Fsp3) is 0.263. The van der Waals surface area contributed by atoms with Crippen LogP contribution in [-0.2, 0) is 4.79 Å². The number of halogens is 2. The molecule has 1 aliphatic rings. The monoisotopic (exact) mass is 360 g/mol. The summed E-state index contributed by atoms with van der Waals surface area (Å²) in [6.07, 6.45) is 4.00. The zero-order chi connectivity index (χ0) is 17.8. The molecule has 1 fully saturated rings. The van der Waals surface area contributed by atoms with Gasteiger partial charge in [0.15, 0.2) is 0 Å².